The van der Waals surface area contributed by atoms with Gasteiger partial charge in [0.25, 0.3) is 11.5 Å². The molecule has 7 nitrogen and oxygen atoms in total. The van der Waals surface area contributed by atoms with E-state index in [1.165, 1.54) is 22.2 Å². The first-order valence-electron chi connectivity index (χ1n) is 8.03. The Labute approximate surface area is 152 Å². The number of thiophene rings is 1. The summed E-state index contributed by atoms with van der Waals surface area (Å²) in [6, 6.07) is 10.8. The SMILES string of the molecule is O=C(NCCn1cnc2ccsc2c1=O)c1cccc(-n2cccn2)c1. The summed E-state index contributed by atoms with van der Waals surface area (Å²) < 4.78 is 3.84. The molecule has 0 saturated carbocycles. The number of hydrogen-bond acceptors (Lipinski definition) is 5. The molecule has 0 spiro atoms. The van der Waals surface area contributed by atoms with E-state index in [0.717, 1.165) is 5.69 Å². The van der Waals surface area contributed by atoms with E-state index >= 15 is 0 Å². The zero-order chi connectivity index (χ0) is 17.9. The topological polar surface area (TPSA) is 81.8 Å². The van der Waals surface area contributed by atoms with E-state index in [0.29, 0.717) is 28.9 Å². The molecule has 1 aromatic carbocycles. The Kier molecular flexibility index (Phi) is 4.32. The Bertz CT molecular complexity index is 1110. The predicted molar refractivity (Wildman–Crippen MR) is 99.8 cm³/mol. The van der Waals surface area contributed by atoms with Gasteiger partial charge in [-0.25, -0.2) is 9.67 Å². The highest BCUT2D eigenvalue weighted by molar-refractivity contribution is 7.17. The van der Waals surface area contributed by atoms with Crippen LogP contribution in [0, 0.1) is 0 Å². The summed E-state index contributed by atoms with van der Waals surface area (Å²) in [4.78, 5) is 28.9. The molecule has 0 aliphatic heterocycles. The number of nitrogens with one attached hydrogen (secondary N) is 1. The van der Waals surface area contributed by atoms with Crippen LogP contribution in [0.3, 0.4) is 0 Å². The van der Waals surface area contributed by atoms with Crippen molar-refractivity contribution in [3.05, 3.63) is 76.4 Å². The van der Waals surface area contributed by atoms with Gasteiger partial charge in [-0.05, 0) is 35.7 Å². The summed E-state index contributed by atoms with van der Waals surface area (Å²) in [7, 11) is 0. The Hall–Kier alpha value is -3.26. The molecule has 0 fully saturated rings. The molecule has 0 bridgehead atoms. The van der Waals surface area contributed by atoms with Crippen molar-refractivity contribution in [3.8, 4) is 5.69 Å². The Morgan fingerprint density at radius 1 is 1.23 bits per heavy atom. The van der Waals surface area contributed by atoms with Crippen LogP contribution in [0.15, 0.2) is 65.3 Å². The van der Waals surface area contributed by atoms with E-state index < -0.39 is 0 Å². The normalized spacial score (nSPS) is 10.9. The number of hydrogen-bond donors (Lipinski definition) is 1. The van der Waals surface area contributed by atoms with Crippen molar-refractivity contribution in [2.75, 3.05) is 6.54 Å². The Morgan fingerprint density at radius 3 is 3.00 bits per heavy atom. The van der Waals surface area contributed by atoms with Crippen molar-refractivity contribution in [3.63, 3.8) is 0 Å². The van der Waals surface area contributed by atoms with Crippen LogP contribution in [0.2, 0.25) is 0 Å². The van der Waals surface area contributed by atoms with Gasteiger partial charge in [-0.1, -0.05) is 6.07 Å². The summed E-state index contributed by atoms with van der Waals surface area (Å²) in [5, 5.41) is 8.84. The van der Waals surface area contributed by atoms with Crippen LogP contribution in [0.4, 0.5) is 0 Å². The number of carbonyl (C=O) groups is 1. The number of amides is 1. The minimum atomic E-state index is -0.197. The third kappa shape index (κ3) is 3.14. The Balaban J connectivity index is 1.43. The first kappa shape index (κ1) is 16.2. The number of benzene rings is 1. The summed E-state index contributed by atoms with van der Waals surface area (Å²) in [6.07, 6.45) is 5.02. The molecule has 4 aromatic rings. The molecule has 3 heterocycles. The zero-order valence-corrected chi connectivity index (χ0v) is 14.5. The van der Waals surface area contributed by atoms with Crippen LogP contribution in [0.5, 0.6) is 0 Å². The molecular formula is C18H15N5O2S. The average Bonchev–Trinajstić information content (AvgIpc) is 3.35. The largest absolute Gasteiger partial charge is 0.350 e. The minimum Gasteiger partial charge on any atom is -0.350 e. The van der Waals surface area contributed by atoms with Gasteiger partial charge in [0.15, 0.2) is 0 Å². The molecule has 0 radical (unpaired) electrons. The van der Waals surface area contributed by atoms with Crippen LogP contribution in [0.1, 0.15) is 10.4 Å². The van der Waals surface area contributed by atoms with Gasteiger partial charge in [-0.15, -0.1) is 11.3 Å². The molecular weight excluding hydrogens is 350 g/mol. The fourth-order valence-electron chi connectivity index (χ4n) is 2.64. The highest BCUT2D eigenvalue weighted by atomic mass is 32.1. The highest BCUT2D eigenvalue weighted by Gasteiger charge is 2.08. The molecule has 130 valence electrons. The molecule has 1 amide bonds. The van der Waals surface area contributed by atoms with Crippen LogP contribution in [-0.4, -0.2) is 31.8 Å². The first-order valence-corrected chi connectivity index (χ1v) is 8.91. The van der Waals surface area contributed by atoms with E-state index in [9.17, 15) is 9.59 Å². The number of nitrogens with zero attached hydrogens (tertiary/aromatic N) is 4. The number of rotatable bonds is 5. The van der Waals surface area contributed by atoms with E-state index in [-0.39, 0.29) is 11.5 Å². The average molecular weight is 365 g/mol. The second-order valence-electron chi connectivity index (χ2n) is 5.63. The van der Waals surface area contributed by atoms with Crippen molar-refractivity contribution in [2.24, 2.45) is 0 Å². The van der Waals surface area contributed by atoms with E-state index in [2.05, 4.69) is 15.4 Å². The second kappa shape index (κ2) is 6.93. The van der Waals surface area contributed by atoms with E-state index in [1.54, 1.807) is 23.0 Å². The molecule has 0 atom stereocenters. The van der Waals surface area contributed by atoms with Gasteiger partial charge in [-0.2, -0.15) is 5.10 Å². The third-order valence-electron chi connectivity index (χ3n) is 3.95. The fraction of sp³-hybridized carbons (Fsp3) is 0.111. The lowest BCUT2D eigenvalue weighted by Crippen LogP contribution is -2.30. The standard InChI is InChI=1S/C18H15N5O2S/c24-17(13-3-1-4-14(11-13)23-8-2-6-21-23)19-7-9-22-12-20-15-5-10-26-16(15)18(22)25/h1-6,8,10-12H,7,9H2,(H,19,24). The van der Waals surface area contributed by atoms with Gasteiger partial charge in [0.05, 0.1) is 17.5 Å². The quantitative estimate of drug-likeness (QED) is 0.587. The maximum absolute atomic E-state index is 12.4. The lowest BCUT2D eigenvalue weighted by Gasteiger charge is -2.08. The number of aromatic nitrogens is 4. The lowest BCUT2D eigenvalue weighted by atomic mass is 10.2. The smallest absolute Gasteiger partial charge is 0.271 e. The summed E-state index contributed by atoms with van der Waals surface area (Å²) in [5.74, 6) is -0.197. The van der Waals surface area contributed by atoms with Gasteiger partial charge in [-0.3, -0.25) is 14.2 Å². The van der Waals surface area contributed by atoms with Crippen LogP contribution in [0.25, 0.3) is 15.9 Å². The monoisotopic (exact) mass is 365 g/mol. The van der Waals surface area contributed by atoms with Gasteiger partial charge in [0.2, 0.25) is 0 Å². The first-order chi connectivity index (χ1) is 12.7. The van der Waals surface area contributed by atoms with Crippen molar-refractivity contribution in [2.45, 2.75) is 6.54 Å². The summed E-state index contributed by atoms with van der Waals surface area (Å²) in [6.45, 7) is 0.702. The Morgan fingerprint density at radius 2 is 2.15 bits per heavy atom. The van der Waals surface area contributed by atoms with E-state index in [1.807, 2.05) is 35.8 Å². The maximum atomic E-state index is 12.4. The van der Waals surface area contributed by atoms with Crippen LogP contribution in [-0.2, 0) is 6.54 Å². The van der Waals surface area contributed by atoms with Crippen molar-refractivity contribution in [1.82, 2.24) is 24.6 Å². The number of fused-ring (bicyclic) bond motifs is 1. The lowest BCUT2D eigenvalue weighted by molar-refractivity contribution is 0.0952. The summed E-state index contributed by atoms with van der Waals surface area (Å²) in [5.41, 5.74) is 1.97. The molecule has 0 aliphatic carbocycles. The molecule has 3 aromatic heterocycles. The van der Waals surface area contributed by atoms with Gasteiger partial charge in [0, 0.05) is 31.0 Å². The molecule has 8 heteroatoms. The molecule has 0 saturated heterocycles. The van der Waals surface area contributed by atoms with Gasteiger partial charge < -0.3 is 5.32 Å². The fourth-order valence-corrected chi connectivity index (χ4v) is 3.43. The van der Waals surface area contributed by atoms with Gasteiger partial charge in [0.1, 0.15) is 4.70 Å². The zero-order valence-electron chi connectivity index (χ0n) is 13.7. The molecule has 0 unspecified atom stereocenters. The van der Waals surface area contributed by atoms with Gasteiger partial charge >= 0.3 is 0 Å². The second-order valence-corrected chi connectivity index (χ2v) is 6.55. The predicted octanol–water partition coefficient (Wildman–Crippen LogP) is 2.07. The number of carbonyl (C=O) groups excluding carboxylic acids is 1. The van der Waals surface area contributed by atoms with Crippen LogP contribution < -0.4 is 10.9 Å². The molecule has 26 heavy (non-hydrogen) atoms. The van der Waals surface area contributed by atoms with Crippen molar-refractivity contribution in [1.29, 1.82) is 0 Å². The van der Waals surface area contributed by atoms with E-state index in [4.69, 9.17) is 0 Å². The molecule has 4 rings (SSSR count). The van der Waals surface area contributed by atoms with Crippen molar-refractivity contribution >= 4 is 27.5 Å². The van der Waals surface area contributed by atoms with Crippen LogP contribution >= 0.6 is 11.3 Å². The molecule has 0 aliphatic rings. The summed E-state index contributed by atoms with van der Waals surface area (Å²) >= 11 is 1.37. The minimum absolute atomic E-state index is 0.0834. The highest BCUT2D eigenvalue weighted by Crippen LogP contribution is 2.13. The maximum Gasteiger partial charge on any atom is 0.271 e. The third-order valence-corrected chi connectivity index (χ3v) is 4.84. The van der Waals surface area contributed by atoms with Crippen molar-refractivity contribution < 1.29 is 4.79 Å². The molecule has 1 N–H and O–H groups in total.